The molecule has 150 valence electrons. The summed E-state index contributed by atoms with van der Waals surface area (Å²) < 4.78 is 61.0. The number of nitrogens with one attached hydrogen (secondary N) is 3. The van der Waals surface area contributed by atoms with Gasteiger partial charge in [-0.25, -0.2) is 13.2 Å². The van der Waals surface area contributed by atoms with E-state index >= 15 is 0 Å². The number of rotatable bonds is 5. The van der Waals surface area contributed by atoms with Crippen LogP contribution in [0.25, 0.3) is 0 Å². The van der Waals surface area contributed by atoms with E-state index in [9.17, 15) is 31.2 Å². The fraction of sp³-hybridized carbons (Fsp3) is 0.467. The molecule has 1 aromatic carbocycles. The van der Waals surface area contributed by atoms with E-state index in [1.165, 1.54) is 6.07 Å². The summed E-state index contributed by atoms with van der Waals surface area (Å²) in [5, 5.41) is 6.69. The number of carbonyl (C=O) groups excluding carboxylic acids is 2. The lowest BCUT2D eigenvalue weighted by Crippen LogP contribution is -2.43. The fourth-order valence-electron chi connectivity index (χ4n) is 2.48. The van der Waals surface area contributed by atoms with E-state index in [1.807, 2.05) is 0 Å². The molecule has 2 rings (SSSR count). The van der Waals surface area contributed by atoms with E-state index in [0.29, 0.717) is 6.42 Å². The average molecular weight is 428 g/mol. The number of urea groups is 1. The first-order valence-electron chi connectivity index (χ1n) is 7.88. The van der Waals surface area contributed by atoms with E-state index in [-0.39, 0.29) is 30.2 Å². The highest BCUT2D eigenvalue weighted by molar-refractivity contribution is 7.91. The molecule has 1 saturated heterocycles. The molecule has 0 saturated carbocycles. The smallest absolute Gasteiger partial charge is 0.338 e. The van der Waals surface area contributed by atoms with Gasteiger partial charge in [-0.3, -0.25) is 4.79 Å². The van der Waals surface area contributed by atoms with Crippen LogP contribution in [0, 0.1) is 0 Å². The zero-order valence-electron chi connectivity index (χ0n) is 13.9. The summed E-state index contributed by atoms with van der Waals surface area (Å²) in [6.45, 7) is -0.0726. The van der Waals surface area contributed by atoms with Gasteiger partial charge in [0.25, 0.3) is 0 Å². The van der Waals surface area contributed by atoms with Crippen molar-refractivity contribution >= 4 is 39.1 Å². The number of anilines is 1. The standard InChI is InChI=1S/C15H17ClF3N3O4S/c16-12-2-1-9(7-11(12)15(17,18)19)21-13(23)3-5-20-14(24)22-10-4-6-27(25,26)8-10/h1-2,7,10H,3-6,8H2,(H,21,23)(H2,20,22,24). The lowest BCUT2D eigenvalue weighted by Gasteiger charge is -2.13. The normalized spacial score (nSPS) is 18.7. The first-order chi connectivity index (χ1) is 12.5. The Kier molecular flexibility index (Phi) is 6.58. The molecular weight excluding hydrogens is 411 g/mol. The molecule has 0 bridgehead atoms. The number of amides is 3. The molecule has 0 spiro atoms. The van der Waals surface area contributed by atoms with Crippen molar-refractivity contribution in [2.24, 2.45) is 0 Å². The third kappa shape index (κ3) is 6.58. The molecule has 1 atom stereocenters. The van der Waals surface area contributed by atoms with Crippen LogP contribution < -0.4 is 16.0 Å². The Labute approximate surface area is 158 Å². The molecule has 0 aliphatic carbocycles. The molecule has 1 aliphatic heterocycles. The van der Waals surface area contributed by atoms with Gasteiger partial charge in [0.05, 0.1) is 22.1 Å². The van der Waals surface area contributed by atoms with Gasteiger partial charge in [0, 0.05) is 24.7 Å². The molecule has 1 fully saturated rings. The predicted molar refractivity (Wildman–Crippen MR) is 93.3 cm³/mol. The number of sulfone groups is 1. The molecule has 0 aromatic heterocycles. The SMILES string of the molecule is O=C(CCNC(=O)NC1CCS(=O)(=O)C1)Nc1ccc(Cl)c(C(F)(F)F)c1. The van der Waals surface area contributed by atoms with Crippen LogP contribution in [0.3, 0.4) is 0 Å². The van der Waals surface area contributed by atoms with Crippen molar-refractivity contribution in [3.63, 3.8) is 0 Å². The number of benzene rings is 1. The molecule has 27 heavy (non-hydrogen) atoms. The Bertz CT molecular complexity index is 830. The second-order valence-corrected chi connectivity index (χ2v) is 8.63. The van der Waals surface area contributed by atoms with E-state index in [1.54, 1.807) is 0 Å². The number of hydrogen-bond donors (Lipinski definition) is 3. The maximum absolute atomic E-state index is 12.8. The zero-order valence-corrected chi connectivity index (χ0v) is 15.5. The monoisotopic (exact) mass is 427 g/mol. The van der Waals surface area contributed by atoms with Gasteiger partial charge in [0.1, 0.15) is 0 Å². The van der Waals surface area contributed by atoms with E-state index in [4.69, 9.17) is 11.6 Å². The van der Waals surface area contributed by atoms with Crippen molar-refractivity contribution in [3.8, 4) is 0 Å². The van der Waals surface area contributed by atoms with Gasteiger partial charge in [-0.05, 0) is 24.6 Å². The summed E-state index contributed by atoms with van der Waals surface area (Å²) in [4.78, 5) is 23.4. The van der Waals surface area contributed by atoms with Crippen LogP contribution in [0.2, 0.25) is 5.02 Å². The third-order valence-electron chi connectivity index (χ3n) is 3.76. The van der Waals surface area contributed by atoms with Crippen LogP contribution in [0.4, 0.5) is 23.7 Å². The maximum Gasteiger partial charge on any atom is 0.417 e. The highest BCUT2D eigenvalue weighted by Crippen LogP contribution is 2.36. The second-order valence-electron chi connectivity index (χ2n) is 5.99. The molecule has 3 amide bonds. The fourth-order valence-corrected chi connectivity index (χ4v) is 4.38. The van der Waals surface area contributed by atoms with Gasteiger partial charge in [0.15, 0.2) is 9.84 Å². The summed E-state index contributed by atoms with van der Waals surface area (Å²) in [5.74, 6) is -0.713. The molecule has 1 aromatic rings. The van der Waals surface area contributed by atoms with Crippen molar-refractivity contribution in [3.05, 3.63) is 28.8 Å². The van der Waals surface area contributed by atoms with Crippen LogP contribution in [0.1, 0.15) is 18.4 Å². The molecule has 1 aliphatic rings. The quantitative estimate of drug-likeness (QED) is 0.669. The zero-order chi connectivity index (χ0) is 20.2. The molecule has 1 heterocycles. The van der Waals surface area contributed by atoms with Gasteiger partial charge >= 0.3 is 12.2 Å². The molecule has 3 N–H and O–H groups in total. The predicted octanol–water partition coefficient (Wildman–Crippen LogP) is 2.17. The Morgan fingerprint density at radius 1 is 1.26 bits per heavy atom. The van der Waals surface area contributed by atoms with Crippen molar-refractivity contribution in [1.82, 2.24) is 10.6 Å². The number of hydrogen-bond acceptors (Lipinski definition) is 4. The molecule has 0 radical (unpaired) electrons. The molecular formula is C15H17ClF3N3O4S. The van der Waals surface area contributed by atoms with Crippen LogP contribution in [0.5, 0.6) is 0 Å². The van der Waals surface area contributed by atoms with Gasteiger partial charge in [0.2, 0.25) is 5.91 Å². The van der Waals surface area contributed by atoms with E-state index < -0.39 is 44.6 Å². The second kappa shape index (κ2) is 8.34. The summed E-state index contributed by atoms with van der Waals surface area (Å²) in [7, 11) is -3.12. The molecule has 1 unspecified atom stereocenters. The van der Waals surface area contributed by atoms with Crippen molar-refractivity contribution in [1.29, 1.82) is 0 Å². The minimum atomic E-state index is -4.65. The van der Waals surface area contributed by atoms with Gasteiger partial charge in [-0.2, -0.15) is 13.2 Å². The van der Waals surface area contributed by atoms with Gasteiger partial charge in [-0.1, -0.05) is 11.6 Å². The lowest BCUT2D eigenvalue weighted by atomic mass is 10.2. The maximum atomic E-state index is 12.8. The minimum absolute atomic E-state index is 0.0152. The Morgan fingerprint density at radius 2 is 1.96 bits per heavy atom. The number of carbonyl (C=O) groups is 2. The van der Waals surface area contributed by atoms with Crippen LogP contribution in [-0.2, 0) is 20.8 Å². The minimum Gasteiger partial charge on any atom is -0.338 e. The first-order valence-corrected chi connectivity index (χ1v) is 10.1. The van der Waals surface area contributed by atoms with E-state index in [2.05, 4.69) is 16.0 Å². The number of alkyl halides is 3. The Hall–Kier alpha value is -2.01. The average Bonchev–Trinajstić information content (AvgIpc) is 2.86. The summed E-state index contributed by atoms with van der Waals surface area (Å²) in [6, 6.07) is 1.90. The van der Waals surface area contributed by atoms with Crippen LogP contribution in [0.15, 0.2) is 18.2 Å². The van der Waals surface area contributed by atoms with E-state index in [0.717, 1.165) is 12.1 Å². The first kappa shape index (κ1) is 21.3. The van der Waals surface area contributed by atoms with Crippen molar-refractivity contribution in [2.45, 2.75) is 25.1 Å². The molecule has 7 nitrogen and oxygen atoms in total. The third-order valence-corrected chi connectivity index (χ3v) is 5.86. The lowest BCUT2D eigenvalue weighted by molar-refractivity contribution is -0.137. The Balaban J connectivity index is 1.77. The molecule has 12 heteroatoms. The highest BCUT2D eigenvalue weighted by Gasteiger charge is 2.33. The summed E-state index contributed by atoms with van der Waals surface area (Å²) in [6.07, 6.45) is -4.50. The highest BCUT2D eigenvalue weighted by atomic mass is 35.5. The summed E-state index contributed by atoms with van der Waals surface area (Å²) in [5.41, 5.74) is -1.14. The summed E-state index contributed by atoms with van der Waals surface area (Å²) >= 11 is 5.50. The topological polar surface area (TPSA) is 104 Å². The van der Waals surface area contributed by atoms with Crippen molar-refractivity contribution in [2.75, 3.05) is 23.4 Å². The largest absolute Gasteiger partial charge is 0.417 e. The van der Waals surface area contributed by atoms with Gasteiger partial charge < -0.3 is 16.0 Å². The Morgan fingerprint density at radius 3 is 2.56 bits per heavy atom. The van der Waals surface area contributed by atoms with Crippen molar-refractivity contribution < 1.29 is 31.2 Å². The van der Waals surface area contributed by atoms with Crippen LogP contribution in [-0.4, -0.2) is 44.4 Å². The van der Waals surface area contributed by atoms with Crippen LogP contribution >= 0.6 is 11.6 Å². The van der Waals surface area contributed by atoms with Gasteiger partial charge in [-0.15, -0.1) is 0 Å². The number of halogens is 4.